The maximum atomic E-state index is 11.7. The van der Waals surface area contributed by atoms with E-state index in [1.54, 1.807) is 30.6 Å². The van der Waals surface area contributed by atoms with Gasteiger partial charge in [-0.15, -0.1) is 0 Å². The number of aliphatic hydroxyl groups is 1. The van der Waals surface area contributed by atoms with Gasteiger partial charge in [-0.2, -0.15) is 0 Å². The molecule has 0 aliphatic heterocycles. The van der Waals surface area contributed by atoms with Crippen LogP contribution in [0.3, 0.4) is 0 Å². The third-order valence-electron chi connectivity index (χ3n) is 3.71. The zero-order valence-corrected chi connectivity index (χ0v) is 15.2. The quantitative estimate of drug-likeness (QED) is 0.480. The molecule has 0 atom stereocenters. The van der Waals surface area contributed by atoms with Crippen molar-refractivity contribution in [3.63, 3.8) is 0 Å². The van der Waals surface area contributed by atoms with Gasteiger partial charge in [0.25, 0.3) is 0 Å². The van der Waals surface area contributed by atoms with Crippen LogP contribution >= 0.6 is 0 Å². The molecule has 27 heavy (non-hydrogen) atoms. The van der Waals surface area contributed by atoms with Crippen molar-refractivity contribution in [2.45, 2.75) is 4.90 Å². The molecule has 2 heterocycles. The van der Waals surface area contributed by atoms with Crippen LogP contribution in [0.4, 0.5) is 5.82 Å². The fourth-order valence-electron chi connectivity index (χ4n) is 2.46. The van der Waals surface area contributed by atoms with E-state index in [2.05, 4.69) is 20.3 Å². The topological polar surface area (TPSA) is 140 Å². The molecule has 3 rings (SSSR count). The standard InChI is InChI=1S/C17H19N5O4S/c18-27(24,25)13-1-2-15-14(11-13)17(20-7-9-26-10-8-23)22-16(21-15)12-3-5-19-6-4-12/h1-6,11,23H,7-10H2,(H2,18,24,25)(H,20,21,22). The number of anilines is 1. The number of nitrogens with one attached hydrogen (secondary N) is 1. The molecule has 0 spiro atoms. The monoisotopic (exact) mass is 389 g/mol. The SMILES string of the molecule is NS(=O)(=O)c1ccc2nc(-c3ccncc3)nc(NCCOCCO)c2c1. The first kappa shape index (κ1) is 19.1. The molecule has 0 aliphatic rings. The molecular formula is C17H19N5O4S. The Bertz CT molecular complexity index is 1030. The van der Waals surface area contributed by atoms with E-state index in [-0.39, 0.29) is 18.1 Å². The number of hydrogen-bond acceptors (Lipinski definition) is 8. The largest absolute Gasteiger partial charge is 0.394 e. The minimum atomic E-state index is -3.85. The van der Waals surface area contributed by atoms with Crippen LogP contribution in [-0.2, 0) is 14.8 Å². The van der Waals surface area contributed by atoms with Gasteiger partial charge in [-0.25, -0.2) is 23.5 Å². The third kappa shape index (κ3) is 4.74. The number of aromatic nitrogens is 3. The van der Waals surface area contributed by atoms with E-state index in [1.165, 1.54) is 12.1 Å². The van der Waals surface area contributed by atoms with Crippen LogP contribution in [0.2, 0.25) is 0 Å². The highest BCUT2D eigenvalue weighted by molar-refractivity contribution is 7.89. The third-order valence-corrected chi connectivity index (χ3v) is 4.62. The Hall–Kier alpha value is -2.66. The predicted molar refractivity (Wildman–Crippen MR) is 101 cm³/mol. The number of benzene rings is 1. The number of rotatable bonds is 8. The van der Waals surface area contributed by atoms with Crippen LogP contribution in [0.15, 0.2) is 47.6 Å². The Morgan fingerprint density at radius 3 is 2.59 bits per heavy atom. The molecule has 0 fully saturated rings. The maximum absolute atomic E-state index is 11.7. The van der Waals surface area contributed by atoms with E-state index in [0.717, 1.165) is 5.56 Å². The van der Waals surface area contributed by atoms with Gasteiger partial charge in [0.05, 0.1) is 30.2 Å². The van der Waals surface area contributed by atoms with Gasteiger partial charge in [0.2, 0.25) is 10.0 Å². The summed E-state index contributed by atoms with van der Waals surface area (Å²) in [6.45, 7) is 0.956. The molecular weight excluding hydrogens is 370 g/mol. The van der Waals surface area contributed by atoms with Crippen molar-refractivity contribution < 1.29 is 18.3 Å². The Labute approximate surface area is 156 Å². The van der Waals surface area contributed by atoms with E-state index < -0.39 is 10.0 Å². The highest BCUT2D eigenvalue weighted by atomic mass is 32.2. The first-order valence-corrected chi connectivity index (χ1v) is 9.71. The minimum absolute atomic E-state index is 0.0187. The summed E-state index contributed by atoms with van der Waals surface area (Å²) in [4.78, 5) is 13.0. The molecule has 0 amide bonds. The number of sulfonamides is 1. The maximum Gasteiger partial charge on any atom is 0.238 e. The van der Waals surface area contributed by atoms with Crippen molar-refractivity contribution in [3.8, 4) is 11.4 Å². The van der Waals surface area contributed by atoms with Gasteiger partial charge in [-0.1, -0.05) is 0 Å². The minimum Gasteiger partial charge on any atom is -0.394 e. The average molecular weight is 389 g/mol. The number of fused-ring (bicyclic) bond motifs is 1. The lowest BCUT2D eigenvalue weighted by atomic mass is 10.2. The lowest BCUT2D eigenvalue weighted by Crippen LogP contribution is -2.14. The molecule has 0 saturated heterocycles. The Kier molecular flexibility index (Phi) is 5.91. The van der Waals surface area contributed by atoms with Crippen molar-refractivity contribution in [2.75, 3.05) is 31.7 Å². The average Bonchev–Trinajstić information content (AvgIpc) is 2.67. The molecule has 3 aromatic rings. The van der Waals surface area contributed by atoms with E-state index in [1.807, 2.05) is 0 Å². The van der Waals surface area contributed by atoms with Crippen molar-refractivity contribution in [1.29, 1.82) is 0 Å². The van der Waals surface area contributed by atoms with Crippen molar-refractivity contribution in [3.05, 3.63) is 42.7 Å². The molecule has 10 heteroatoms. The highest BCUT2D eigenvalue weighted by Crippen LogP contribution is 2.26. The molecule has 0 unspecified atom stereocenters. The van der Waals surface area contributed by atoms with Crippen LogP contribution in [0.5, 0.6) is 0 Å². The Morgan fingerprint density at radius 1 is 1.11 bits per heavy atom. The van der Waals surface area contributed by atoms with Gasteiger partial charge < -0.3 is 15.2 Å². The molecule has 0 radical (unpaired) electrons. The first-order valence-electron chi connectivity index (χ1n) is 8.16. The van der Waals surface area contributed by atoms with E-state index >= 15 is 0 Å². The lowest BCUT2D eigenvalue weighted by molar-refractivity contribution is 0.0992. The van der Waals surface area contributed by atoms with Gasteiger partial charge in [-0.3, -0.25) is 4.98 Å². The van der Waals surface area contributed by atoms with Crippen molar-refractivity contribution in [1.82, 2.24) is 15.0 Å². The number of hydrogen-bond donors (Lipinski definition) is 3. The zero-order valence-electron chi connectivity index (χ0n) is 14.4. The second-order valence-electron chi connectivity index (χ2n) is 5.62. The summed E-state index contributed by atoms with van der Waals surface area (Å²) in [5.41, 5.74) is 1.35. The molecule has 1 aromatic carbocycles. The lowest BCUT2D eigenvalue weighted by Gasteiger charge is -2.12. The van der Waals surface area contributed by atoms with E-state index in [9.17, 15) is 8.42 Å². The summed E-state index contributed by atoms with van der Waals surface area (Å²) >= 11 is 0. The normalized spacial score (nSPS) is 11.6. The van der Waals surface area contributed by atoms with E-state index in [0.29, 0.717) is 35.7 Å². The van der Waals surface area contributed by atoms with Gasteiger partial charge in [-0.05, 0) is 30.3 Å². The summed E-state index contributed by atoms with van der Waals surface area (Å²) in [5, 5.41) is 17.6. The molecule has 0 aliphatic carbocycles. The summed E-state index contributed by atoms with van der Waals surface area (Å²) in [6.07, 6.45) is 3.28. The Morgan fingerprint density at radius 2 is 1.89 bits per heavy atom. The summed E-state index contributed by atoms with van der Waals surface area (Å²) < 4.78 is 28.6. The number of ether oxygens (including phenoxy) is 1. The molecule has 142 valence electrons. The second-order valence-corrected chi connectivity index (χ2v) is 7.18. The number of nitrogens with two attached hydrogens (primary N) is 1. The molecule has 0 bridgehead atoms. The summed E-state index contributed by atoms with van der Waals surface area (Å²) in [7, 11) is -3.85. The highest BCUT2D eigenvalue weighted by Gasteiger charge is 2.14. The van der Waals surface area contributed by atoms with Crippen LogP contribution < -0.4 is 10.5 Å². The number of nitrogens with zero attached hydrogens (tertiary/aromatic N) is 3. The van der Waals surface area contributed by atoms with Gasteiger partial charge in [0.1, 0.15) is 5.82 Å². The first-order chi connectivity index (χ1) is 13.0. The van der Waals surface area contributed by atoms with Crippen LogP contribution in [-0.4, -0.2) is 54.8 Å². The predicted octanol–water partition coefficient (Wildman–Crippen LogP) is 0.760. The smallest absolute Gasteiger partial charge is 0.238 e. The number of aliphatic hydroxyl groups excluding tert-OH is 1. The van der Waals surface area contributed by atoms with Gasteiger partial charge in [0.15, 0.2) is 5.82 Å². The van der Waals surface area contributed by atoms with Crippen molar-refractivity contribution >= 4 is 26.7 Å². The van der Waals surface area contributed by atoms with E-state index in [4.69, 9.17) is 15.0 Å². The fourth-order valence-corrected chi connectivity index (χ4v) is 3.00. The molecule has 4 N–H and O–H groups in total. The number of pyridine rings is 1. The van der Waals surface area contributed by atoms with Gasteiger partial charge in [0, 0.05) is 29.9 Å². The summed E-state index contributed by atoms with van der Waals surface area (Å²) in [5.74, 6) is 0.942. The van der Waals surface area contributed by atoms with Crippen LogP contribution in [0.25, 0.3) is 22.3 Å². The molecule has 9 nitrogen and oxygen atoms in total. The summed E-state index contributed by atoms with van der Waals surface area (Å²) in [6, 6.07) is 8.02. The number of primary sulfonamides is 1. The van der Waals surface area contributed by atoms with Crippen LogP contribution in [0.1, 0.15) is 0 Å². The second kappa shape index (κ2) is 8.35. The molecule has 0 saturated carbocycles. The van der Waals surface area contributed by atoms with Crippen LogP contribution in [0, 0.1) is 0 Å². The zero-order chi connectivity index (χ0) is 19.3. The van der Waals surface area contributed by atoms with Gasteiger partial charge >= 0.3 is 0 Å². The van der Waals surface area contributed by atoms with Crippen molar-refractivity contribution in [2.24, 2.45) is 5.14 Å². The fraction of sp³-hybridized carbons (Fsp3) is 0.235. The molecule has 2 aromatic heterocycles. The Balaban J connectivity index is 2.02.